The molecule has 2 aromatic heterocycles. The first-order valence-electron chi connectivity index (χ1n) is 12.7. The lowest BCUT2D eigenvalue weighted by atomic mass is 9.99. The molecule has 0 unspecified atom stereocenters. The van der Waals surface area contributed by atoms with Gasteiger partial charge in [-0.15, -0.1) is 0 Å². The Labute approximate surface area is 241 Å². The minimum Gasteiger partial charge on any atom is -0.496 e. The average molecular weight is 574 g/mol. The second-order valence-corrected chi connectivity index (χ2v) is 11.4. The van der Waals surface area contributed by atoms with E-state index in [2.05, 4.69) is 11.1 Å². The van der Waals surface area contributed by atoms with E-state index in [1.54, 1.807) is 42.3 Å². The van der Waals surface area contributed by atoms with Crippen LogP contribution in [0.1, 0.15) is 41.0 Å². The first kappa shape index (κ1) is 26.3. The molecular formula is C30H25Cl2N5O3. The Morgan fingerprint density at radius 1 is 1.10 bits per heavy atom. The molecular weight excluding hydrogens is 549 g/mol. The van der Waals surface area contributed by atoms with Crippen LogP contribution in [0.3, 0.4) is 0 Å². The van der Waals surface area contributed by atoms with Gasteiger partial charge in [-0.3, -0.25) is 9.78 Å². The second kappa shape index (κ2) is 9.93. The highest BCUT2D eigenvalue weighted by Gasteiger charge is 2.39. The van der Waals surface area contributed by atoms with Crippen molar-refractivity contribution < 1.29 is 14.3 Å². The van der Waals surface area contributed by atoms with Crippen LogP contribution in [-0.4, -0.2) is 58.0 Å². The van der Waals surface area contributed by atoms with E-state index in [9.17, 15) is 10.1 Å². The van der Waals surface area contributed by atoms with E-state index < -0.39 is 5.54 Å². The van der Waals surface area contributed by atoms with Crippen LogP contribution >= 0.6 is 23.2 Å². The Morgan fingerprint density at radius 2 is 1.88 bits per heavy atom. The summed E-state index contributed by atoms with van der Waals surface area (Å²) < 4.78 is 13.2. The number of carbonyl (C=O) groups excluding carboxylic acids is 1. The topological polar surface area (TPSA) is 93.3 Å². The molecule has 202 valence electrons. The van der Waals surface area contributed by atoms with Gasteiger partial charge >= 0.3 is 0 Å². The van der Waals surface area contributed by atoms with Gasteiger partial charge in [0.25, 0.3) is 5.91 Å². The van der Waals surface area contributed by atoms with Crippen LogP contribution in [0.2, 0.25) is 10.0 Å². The maximum absolute atomic E-state index is 14.1. The number of ether oxygens (including phenoxy) is 2. The number of aromatic nitrogens is 3. The van der Waals surface area contributed by atoms with Crippen molar-refractivity contribution in [1.29, 1.82) is 5.26 Å². The number of nitriles is 1. The third-order valence-electron chi connectivity index (χ3n) is 7.39. The van der Waals surface area contributed by atoms with E-state index in [1.165, 1.54) is 6.20 Å². The predicted molar refractivity (Wildman–Crippen MR) is 152 cm³/mol. The molecule has 1 fully saturated rings. The number of rotatable bonds is 4. The van der Waals surface area contributed by atoms with Crippen LogP contribution in [0.5, 0.6) is 5.75 Å². The van der Waals surface area contributed by atoms with Crippen molar-refractivity contribution in [1.82, 2.24) is 19.7 Å². The summed E-state index contributed by atoms with van der Waals surface area (Å²) in [6, 6.07) is 13.1. The monoisotopic (exact) mass is 573 g/mol. The molecule has 8 nitrogen and oxygen atoms in total. The van der Waals surface area contributed by atoms with Gasteiger partial charge in [0, 0.05) is 57.7 Å². The quantitative estimate of drug-likeness (QED) is 0.264. The number of morpholine rings is 1. The molecule has 3 heterocycles. The molecule has 2 aliphatic rings. The summed E-state index contributed by atoms with van der Waals surface area (Å²) in [6.45, 7) is 5.38. The van der Waals surface area contributed by atoms with E-state index in [0.717, 1.165) is 33.5 Å². The lowest BCUT2D eigenvalue weighted by Gasteiger charge is -2.41. The Bertz CT molecular complexity index is 1700. The number of fused-ring (bicyclic) bond motifs is 3. The van der Waals surface area contributed by atoms with Crippen LogP contribution in [0.15, 0.2) is 48.8 Å². The van der Waals surface area contributed by atoms with E-state index in [-0.39, 0.29) is 5.91 Å². The van der Waals surface area contributed by atoms with Crippen LogP contribution in [0.4, 0.5) is 0 Å². The fourth-order valence-corrected chi connectivity index (χ4v) is 6.01. The highest BCUT2D eigenvalue weighted by Crippen LogP contribution is 2.46. The molecule has 1 saturated heterocycles. The number of hydrogen-bond donors (Lipinski definition) is 0. The zero-order valence-corrected chi connectivity index (χ0v) is 23.7. The van der Waals surface area contributed by atoms with Gasteiger partial charge in [0.15, 0.2) is 5.69 Å². The molecule has 2 aromatic carbocycles. The molecule has 10 heteroatoms. The number of nitrogens with zero attached hydrogens (tertiary/aromatic N) is 5. The SMILES string of the molecule is COc1cc2c(cc1-c1cncc(C#N)c1)-c1c(c(C(=O)N3CCOCC3(C)C)nn1-c1cc(Cl)cc(Cl)c1)C2. The normalized spacial score (nSPS) is 15.3. The number of carbonyl (C=O) groups is 1. The summed E-state index contributed by atoms with van der Waals surface area (Å²) >= 11 is 12.8. The summed E-state index contributed by atoms with van der Waals surface area (Å²) in [4.78, 5) is 20.1. The van der Waals surface area contributed by atoms with Gasteiger partial charge in [-0.2, -0.15) is 10.4 Å². The minimum absolute atomic E-state index is 0.151. The third-order valence-corrected chi connectivity index (χ3v) is 7.83. The highest BCUT2D eigenvalue weighted by molar-refractivity contribution is 6.34. The molecule has 4 aromatic rings. The van der Waals surface area contributed by atoms with Gasteiger partial charge in [0.05, 0.1) is 42.8 Å². The van der Waals surface area contributed by atoms with Crippen LogP contribution in [-0.2, 0) is 11.2 Å². The molecule has 0 atom stereocenters. The first-order chi connectivity index (χ1) is 19.2. The zero-order chi connectivity index (χ0) is 28.2. The standard InChI is InChI=1S/C30H25Cl2N5O3/c1-30(2)16-40-5-4-36(30)29(38)27-25-7-18-8-26(39-3)23(19-6-17(13-33)14-34-15-19)12-24(18)28(25)37(35-27)22-10-20(31)9-21(32)11-22/h6,8-12,14-15H,4-5,7,16H2,1-3H3. The number of pyridine rings is 1. The molecule has 6 rings (SSSR count). The van der Waals surface area contributed by atoms with Gasteiger partial charge in [0.1, 0.15) is 11.8 Å². The molecule has 1 amide bonds. The molecule has 0 bridgehead atoms. The van der Waals surface area contributed by atoms with Crippen molar-refractivity contribution in [3.63, 3.8) is 0 Å². The highest BCUT2D eigenvalue weighted by atomic mass is 35.5. The molecule has 0 N–H and O–H groups in total. The fourth-order valence-electron chi connectivity index (χ4n) is 5.50. The number of halogens is 2. The maximum Gasteiger partial charge on any atom is 0.275 e. The average Bonchev–Trinajstić information content (AvgIpc) is 3.48. The number of amides is 1. The molecule has 0 saturated carbocycles. The number of methoxy groups -OCH3 is 1. The molecule has 0 spiro atoms. The van der Waals surface area contributed by atoms with Crippen LogP contribution in [0.25, 0.3) is 28.1 Å². The number of hydrogen-bond acceptors (Lipinski definition) is 6. The Morgan fingerprint density at radius 3 is 2.58 bits per heavy atom. The lowest BCUT2D eigenvalue weighted by Crippen LogP contribution is -2.55. The fraction of sp³-hybridized carbons (Fsp3) is 0.267. The third kappa shape index (κ3) is 4.40. The van der Waals surface area contributed by atoms with Gasteiger partial charge in [-0.1, -0.05) is 23.2 Å². The summed E-state index contributed by atoms with van der Waals surface area (Å²) in [5.74, 6) is 0.496. The van der Waals surface area contributed by atoms with E-state index in [0.29, 0.717) is 58.9 Å². The van der Waals surface area contributed by atoms with Crippen molar-refractivity contribution in [2.75, 3.05) is 26.9 Å². The van der Waals surface area contributed by atoms with Crippen molar-refractivity contribution in [2.24, 2.45) is 0 Å². The lowest BCUT2D eigenvalue weighted by molar-refractivity contribution is -0.0373. The smallest absolute Gasteiger partial charge is 0.275 e. The first-order valence-corrected chi connectivity index (χ1v) is 13.5. The largest absolute Gasteiger partial charge is 0.496 e. The Balaban J connectivity index is 1.57. The van der Waals surface area contributed by atoms with Crippen LogP contribution < -0.4 is 4.74 Å². The van der Waals surface area contributed by atoms with Crippen LogP contribution in [0, 0.1) is 11.3 Å². The predicted octanol–water partition coefficient (Wildman–Crippen LogP) is 5.94. The van der Waals surface area contributed by atoms with Gasteiger partial charge < -0.3 is 14.4 Å². The maximum atomic E-state index is 14.1. The zero-order valence-electron chi connectivity index (χ0n) is 22.2. The van der Waals surface area contributed by atoms with E-state index in [1.807, 2.05) is 30.9 Å². The second-order valence-electron chi connectivity index (χ2n) is 10.5. The van der Waals surface area contributed by atoms with Gasteiger partial charge in [0.2, 0.25) is 0 Å². The van der Waals surface area contributed by atoms with Crippen molar-refractivity contribution in [3.8, 4) is 39.9 Å². The Hall–Kier alpha value is -3.90. The summed E-state index contributed by atoms with van der Waals surface area (Å²) in [5.41, 5.74) is 6.02. The molecule has 40 heavy (non-hydrogen) atoms. The van der Waals surface area contributed by atoms with Crippen molar-refractivity contribution >= 4 is 29.1 Å². The number of benzene rings is 2. The summed E-state index contributed by atoms with van der Waals surface area (Å²) in [6.07, 6.45) is 3.72. The molecule has 0 radical (unpaired) electrons. The summed E-state index contributed by atoms with van der Waals surface area (Å²) in [5, 5.41) is 15.2. The molecule has 1 aliphatic carbocycles. The van der Waals surface area contributed by atoms with E-state index >= 15 is 0 Å². The van der Waals surface area contributed by atoms with Crippen molar-refractivity contribution in [3.05, 3.63) is 81.2 Å². The Kier molecular flexibility index (Phi) is 6.54. The minimum atomic E-state index is -0.480. The molecule has 1 aliphatic heterocycles. The van der Waals surface area contributed by atoms with Crippen molar-refractivity contribution in [2.45, 2.75) is 25.8 Å². The summed E-state index contributed by atoms with van der Waals surface area (Å²) in [7, 11) is 1.61. The van der Waals surface area contributed by atoms with E-state index in [4.69, 9.17) is 37.8 Å². The van der Waals surface area contributed by atoms with Gasteiger partial charge in [-0.25, -0.2) is 4.68 Å². The van der Waals surface area contributed by atoms with Gasteiger partial charge in [-0.05, 0) is 55.8 Å².